The van der Waals surface area contributed by atoms with Gasteiger partial charge in [-0.3, -0.25) is 9.78 Å². The number of esters is 1. The van der Waals surface area contributed by atoms with Crippen molar-refractivity contribution in [2.24, 2.45) is 0 Å². The average molecular weight is 384 g/mol. The molecular formula is C15H12BrClN2O3. The SMILES string of the molecule is C[C@H](OC(=O)c1cncc(Br)c1)C(=O)Nc1ccc(Cl)cc1. The van der Waals surface area contributed by atoms with E-state index >= 15 is 0 Å². The number of nitrogens with zero attached hydrogens (tertiary/aromatic N) is 1. The molecule has 0 fully saturated rings. The zero-order valence-corrected chi connectivity index (χ0v) is 13.9. The monoisotopic (exact) mass is 382 g/mol. The Hall–Kier alpha value is -1.92. The van der Waals surface area contributed by atoms with Gasteiger partial charge in [-0.05, 0) is 53.2 Å². The van der Waals surface area contributed by atoms with Crippen LogP contribution in [0.15, 0.2) is 47.2 Å². The first-order valence-electron chi connectivity index (χ1n) is 6.33. The van der Waals surface area contributed by atoms with Crippen LogP contribution in [0.25, 0.3) is 0 Å². The van der Waals surface area contributed by atoms with Crippen molar-refractivity contribution < 1.29 is 14.3 Å². The lowest BCUT2D eigenvalue weighted by Crippen LogP contribution is -2.30. The minimum Gasteiger partial charge on any atom is -0.449 e. The zero-order chi connectivity index (χ0) is 16.1. The molecule has 0 aliphatic rings. The molecule has 1 aromatic carbocycles. The summed E-state index contributed by atoms with van der Waals surface area (Å²) in [6.07, 6.45) is 1.98. The van der Waals surface area contributed by atoms with Gasteiger partial charge in [0.1, 0.15) is 0 Å². The molecule has 0 bridgehead atoms. The predicted molar refractivity (Wildman–Crippen MR) is 86.9 cm³/mol. The maximum Gasteiger partial charge on any atom is 0.340 e. The van der Waals surface area contributed by atoms with Crippen molar-refractivity contribution in [1.29, 1.82) is 0 Å². The molecule has 2 aromatic rings. The van der Waals surface area contributed by atoms with Crippen LogP contribution < -0.4 is 5.32 Å². The summed E-state index contributed by atoms with van der Waals surface area (Å²) in [5.74, 6) is -1.05. The number of anilines is 1. The summed E-state index contributed by atoms with van der Waals surface area (Å²) in [5, 5.41) is 3.21. The van der Waals surface area contributed by atoms with Gasteiger partial charge in [0.2, 0.25) is 0 Å². The number of halogens is 2. The lowest BCUT2D eigenvalue weighted by atomic mass is 10.2. The third-order valence-electron chi connectivity index (χ3n) is 2.71. The molecule has 0 radical (unpaired) electrons. The Labute approximate surface area is 140 Å². The second-order valence-corrected chi connectivity index (χ2v) is 5.79. The standard InChI is InChI=1S/C15H12BrClN2O3/c1-9(14(20)19-13-4-2-12(17)3-5-13)22-15(21)10-6-11(16)8-18-7-10/h2-9H,1H3,(H,19,20)/t9-/m0/s1. The van der Waals surface area contributed by atoms with E-state index in [9.17, 15) is 9.59 Å². The number of ether oxygens (including phenoxy) is 1. The van der Waals surface area contributed by atoms with Gasteiger partial charge in [-0.1, -0.05) is 11.6 Å². The van der Waals surface area contributed by atoms with Gasteiger partial charge >= 0.3 is 5.97 Å². The summed E-state index contributed by atoms with van der Waals surface area (Å²) in [7, 11) is 0. The van der Waals surface area contributed by atoms with E-state index in [1.165, 1.54) is 13.1 Å². The van der Waals surface area contributed by atoms with E-state index < -0.39 is 18.0 Å². The molecule has 1 atom stereocenters. The summed E-state index contributed by atoms with van der Waals surface area (Å²) in [6, 6.07) is 8.20. The minimum atomic E-state index is -0.942. The van der Waals surface area contributed by atoms with E-state index in [0.717, 1.165) is 0 Å². The second kappa shape index (κ2) is 7.38. The Morgan fingerprint density at radius 2 is 1.95 bits per heavy atom. The van der Waals surface area contributed by atoms with Crippen molar-refractivity contribution in [3.05, 3.63) is 57.8 Å². The summed E-state index contributed by atoms with van der Waals surface area (Å²) < 4.78 is 5.76. The van der Waals surface area contributed by atoms with Crippen molar-refractivity contribution in [1.82, 2.24) is 4.98 Å². The number of pyridine rings is 1. The zero-order valence-electron chi connectivity index (χ0n) is 11.5. The lowest BCUT2D eigenvalue weighted by molar-refractivity contribution is -0.123. The maximum atomic E-state index is 12.0. The highest BCUT2D eigenvalue weighted by Crippen LogP contribution is 2.15. The Balaban J connectivity index is 1.96. The van der Waals surface area contributed by atoms with Gasteiger partial charge in [0, 0.05) is 27.6 Å². The first kappa shape index (κ1) is 16.5. The number of carbonyl (C=O) groups excluding carboxylic acids is 2. The number of hydrogen-bond acceptors (Lipinski definition) is 4. The summed E-state index contributed by atoms with van der Waals surface area (Å²) in [5.41, 5.74) is 0.835. The quantitative estimate of drug-likeness (QED) is 0.818. The lowest BCUT2D eigenvalue weighted by Gasteiger charge is -2.13. The summed E-state index contributed by atoms with van der Waals surface area (Å²) >= 11 is 8.98. The highest BCUT2D eigenvalue weighted by atomic mass is 79.9. The molecule has 22 heavy (non-hydrogen) atoms. The topological polar surface area (TPSA) is 68.3 Å². The first-order valence-corrected chi connectivity index (χ1v) is 7.51. The first-order chi connectivity index (χ1) is 10.5. The number of nitrogens with one attached hydrogen (secondary N) is 1. The normalized spacial score (nSPS) is 11.6. The molecular weight excluding hydrogens is 372 g/mol. The molecule has 1 amide bonds. The minimum absolute atomic E-state index is 0.264. The van der Waals surface area contributed by atoms with Crippen LogP contribution in [0.3, 0.4) is 0 Å². The van der Waals surface area contributed by atoms with Crippen molar-refractivity contribution >= 4 is 45.1 Å². The van der Waals surface area contributed by atoms with E-state index in [-0.39, 0.29) is 5.56 Å². The summed E-state index contributed by atoms with van der Waals surface area (Å²) in [4.78, 5) is 27.8. The van der Waals surface area contributed by atoms with Gasteiger partial charge in [-0.2, -0.15) is 0 Å². The molecule has 0 spiro atoms. The fraction of sp³-hybridized carbons (Fsp3) is 0.133. The largest absolute Gasteiger partial charge is 0.449 e. The fourth-order valence-corrected chi connectivity index (χ4v) is 2.07. The number of hydrogen-bond donors (Lipinski definition) is 1. The van der Waals surface area contributed by atoms with Crippen LogP contribution in [-0.2, 0) is 9.53 Å². The van der Waals surface area contributed by atoms with Crippen LogP contribution in [-0.4, -0.2) is 23.0 Å². The van der Waals surface area contributed by atoms with Crippen molar-refractivity contribution in [3.8, 4) is 0 Å². The molecule has 7 heteroatoms. The highest BCUT2D eigenvalue weighted by molar-refractivity contribution is 9.10. The third kappa shape index (κ3) is 4.54. The molecule has 0 unspecified atom stereocenters. The third-order valence-corrected chi connectivity index (χ3v) is 3.39. The molecule has 2 rings (SSSR count). The molecule has 0 saturated carbocycles. The predicted octanol–water partition coefficient (Wildman–Crippen LogP) is 3.68. The van der Waals surface area contributed by atoms with Crippen molar-refractivity contribution in [3.63, 3.8) is 0 Å². The van der Waals surface area contributed by atoms with Gasteiger partial charge in [0.25, 0.3) is 5.91 Å². The molecule has 0 aliphatic heterocycles. The van der Waals surface area contributed by atoms with Crippen LogP contribution in [0, 0.1) is 0 Å². The van der Waals surface area contributed by atoms with Crippen LogP contribution in [0.1, 0.15) is 17.3 Å². The number of carbonyl (C=O) groups is 2. The van der Waals surface area contributed by atoms with Gasteiger partial charge in [0.05, 0.1) is 5.56 Å². The Kier molecular flexibility index (Phi) is 5.51. The van der Waals surface area contributed by atoms with Gasteiger partial charge < -0.3 is 10.1 Å². The number of benzene rings is 1. The average Bonchev–Trinajstić information content (AvgIpc) is 2.49. The van der Waals surface area contributed by atoms with Crippen LogP contribution in [0.5, 0.6) is 0 Å². The number of amides is 1. The fourth-order valence-electron chi connectivity index (χ4n) is 1.58. The van der Waals surface area contributed by atoms with Crippen molar-refractivity contribution in [2.75, 3.05) is 5.32 Å². The van der Waals surface area contributed by atoms with E-state index in [1.54, 1.807) is 36.5 Å². The molecule has 1 aromatic heterocycles. The Morgan fingerprint density at radius 3 is 2.59 bits per heavy atom. The van der Waals surface area contributed by atoms with Crippen LogP contribution in [0.4, 0.5) is 5.69 Å². The molecule has 114 valence electrons. The molecule has 0 saturated heterocycles. The van der Waals surface area contributed by atoms with Gasteiger partial charge in [0.15, 0.2) is 6.10 Å². The van der Waals surface area contributed by atoms with E-state index in [1.807, 2.05) is 0 Å². The maximum absolute atomic E-state index is 12.0. The van der Waals surface area contributed by atoms with Crippen LogP contribution in [0.2, 0.25) is 5.02 Å². The number of rotatable bonds is 4. The molecule has 0 aliphatic carbocycles. The van der Waals surface area contributed by atoms with E-state index in [2.05, 4.69) is 26.2 Å². The Bertz CT molecular complexity index is 691. The molecule has 5 nitrogen and oxygen atoms in total. The second-order valence-electron chi connectivity index (χ2n) is 4.44. The van der Waals surface area contributed by atoms with Gasteiger partial charge in [-0.15, -0.1) is 0 Å². The van der Waals surface area contributed by atoms with Crippen molar-refractivity contribution in [2.45, 2.75) is 13.0 Å². The smallest absolute Gasteiger partial charge is 0.340 e. The highest BCUT2D eigenvalue weighted by Gasteiger charge is 2.19. The van der Waals surface area contributed by atoms with E-state index in [0.29, 0.717) is 15.2 Å². The molecule has 1 N–H and O–H groups in total. The van der Waals surface area contributed by atoms with Gasteiger partial charge in [-0.25, -0.2) is 4.79 Å². The molecule has 1 heterocycles. The summed E-state index contributed by atoms with van der Waals surface area (Å²) in [6.45, 7) is 1.49. The Morgan fingerprint density at radius 1 is 1.27 bits per heavy atom. The number of aromatic nitrogens is 1. The van der Waals surface area contributed by atoms with E-state index in [4.69, 9.17) is 16.3 Å². The van der Waals surface area contributed by atoms with Crippen LogP contribution >= 0.6 is 27.5 Å².